The van der Waals surface area contributed by atoms with Gasteiger partial charge in [-0.15, -0.1) is 11.3 Å². The summed E-state index contributed by atoms with van der Waals surface area (Å²) in [5, 5.41) is 5.18. The van der Waals surface area contributed by atoms with Crippen LogP contribution in [0.2, 0.25) is 0 Å². The number of carbonyl (C=O) groups is 1. The lowest BCUT2D eigenvalue weighted by molar-refractivity contribution is -0.124. The van der Waals surface area contributed by atoms with E-state index in [0.29, 0.717) is 6.61 Å². The second-order valence-corrected chi connectivity index (χ2v) is 7.83. The van der Waals surface area contributed by atoms with Gasteiger partial charge in [-0.05, 0) is 30.9 Å². The van der Waals surface area contributed by atoms with Crippen molar-refractivity contribution in [3.63, 3.8) is 0 Å². The molecular formula is C20H25N3O3S. The zero-order valence-electron chi connectivity index (χ0n) is 15.3. The molecule has 2 atom stereocenters. The predicted molar refractivity (Wildman–Crippen MR) is 104 cm³/mol. The van der Waals surface area contributed by atoms with Gasteiger partial charge in [-0.2, -0.15) is 0 Å². The molecule has 1 saturated heterocycles. The van der Waals surface area contributed by atoms with E-state index in [0.717, 1.165) is 55.9 Å². The Morgan fingerprint density at radius 1 is 1.26 bits per heavy atom. The number of thiazole rings is 1. The van der Waals surface area contributed by atoms with Crippen LogP contribution in [0, 0.1) is 0 Å². The predicted octanol–water partition coefficient (Wildman–Crippen LogP) is 2.24. The number of hydrogen-bond donors (Lipinski definition) is 1. The topological polar surface area (TPSA) is 63.7 Å². The summed E-state index contributed by atoms with van der Waals surface area (Å²) in [7, 11) is 0. The number of para-hydroxylation sites is 1. The molecule has 2 aliphatic rings. The maximum absolute atomic E-state index is 12.4. The van der Waals surface area contributed by atoms with Crippen molar-refractivity contribution in [3.8, 4) is 5.75 Å². The second kappa shape index (κ2) is 8.82. The molecule has 1 aromatic heterocycles. The highest BCUT2D eigenvalue weighted by Crippen LogP contribution is 2.22. The molecule has 1 aromatic carbocycles. The molecule has 0 saturated carbocycles. The molecule has 144 valence electrons. The Labute approximate surface area is 163 Å². The number of likely N-dealkylation sites (tertiary alicyclic amines) is 1. The summed E-state index contributed by atoms with van der Waals surface area (Å²) in [5.41, 5.74) is 4.08. The summed E-state index contributed by atoms with van der Waals surface area (Å²) in [6.45, 7) is 3.12. The van der Waals surface area contributed by atoms with Crippen LogP contribution in [0.1, 0.15) is 24.1 Å². The third-order valence-corrected chi connectivity index (χ3v) is 5.70. The number of amides is 1. The summed E-state index contributed by atoms with van der Waals surface area (Å²) in [4.78, 5) is 19.1. The van der Waals surface area contributed by atoms with Gasteiger partial charge < -0.3 is 14.8 Å². The van der Waals surface area contributed by atoms with E-state index < -0.39 is 0 Å². The molecule has 1 amide bonds. The number of hydrogen-bond acceptors (Lipinski definition) is 6. The molecule has 2 aromatic rings. The van der Waals surface area contributed by atoms with E-state index in [1.807, 2.05) is 23.7 Å². The van der Waals surface area contributed by atoms with Crippen LogP contribution in [0.15, 0.2) is 35.2 Å². The summed E-state index contributed by atoms with van der Waals surface area (Å²) in [6.07, 6.45) is 2.99. The van der Waals surface area contributed by atoms with Crippen LogP contribution in [-0.2, 0) is 22.5 Å². The fourth-order valence-electron chi connectivity index (χ4n) is 3.73. The van der Waals surface area contributed by atoms with Gasteiger partial charge in [0, 0.05) is 31.6 Å². The van der Waals surface area contributed by atoms with Crippen LogP contribution >= 0.6 is 11.3 Å². The van der Waals surface area contributed by atoms with Crippen molar-refractivity contribution >= 4 is 17.2 Å². The Balaban J connectivity index is 1.42. The molecular weight excluding hydrogens is 362 g/mol. The van der Waals surface area contributed by atoms with E-state index in [2.05, 4.69) is 26.6 Å². The highest BCUT2D eigenvalue weighted by molar-refractivity contribution is 7.07. The highest BCUT2D eigenvalue weighted by Gasteiger charge is 2.34. The highest BCUT2D eigenvalue weighted by atomic mass is 32.1. The first-order chi connectivity index (χ1) is 13.3. The van der Waals surface area contributed by atoms with Gasteiger partial charge in [0.05, 0.1) is 23.4 Å². The minimum Gasteiger partial charge on any atom is -0.483 e. The normalized spacial score (nSPS) is 24.5. The van der Waals surface area contributed by atoms with Crippen molar-refractivity contribution in [2.45, 2.75) is 38.0 Å². The molecule has 0 radical (unpaired) electrons. The second-order valence-electron chi connectivity index (χ2n) is 7.11. The van der Waals surface area contributed by atoms with Crippen molar-refractivity contribution in [1.29, 1.82) is 0 Å². The van der Waals surface area contributed by atoms with Crippen molar-refractivity contribution in [2.24, 2.45) is 0 Å². The number of aromatic nitrogens is 1. The molecule has 0 aliphatic carbocycles. The molecule has 7 heteroatoms. The van der Waals surface area contributed by atoms with E-state index >= 15 is 0 Å². The molecule has 0 bridgehead atoms. The first kappa shape index (κ1) is 18.4. The Hall–Kier alpha value is -1.96. The molecule has 3 heterocycles. The van der Waals surface area contributed by atoms with Gasteiger partial charge in [0.1, 0.15) is 5.75 Å². The molecule has 1 fully saturated rings. The van der Waals surface area contributed by atoms with Gasteiger partial charge in [-0.1, -0.05) is 18.2 Å². The minimum absolute atomic E-state index is 0.00992. The van der Waals surface area contributed by atoms with Crippen molar-refractivity contribution < 1.29 is 14.3 Å². The monoisotopic (exact) mass is 387 g/mol. The Morgan fingerprint density at radius 3 is 3.07 bits per heavy atom. The maximum Gasteiger partial charge on any atom is 0.258 e. The number of rotatable bonds is 2. The molecule has 6 nitrogen and oxygen atoms in total. The van der Waals surface area contributed by atoms with Gasteiger partial charge in [-0.25, -0.2) is 4.98 Å². The minimum atomic E-state index is -0.0989. The molecule has 27 heavy (non-hydrogen) atoms. The van der Waals surface area contributed by atoms with Crippen LogP contribution < -0.4 is 10.1 Å². The standard InChI is InChI=1S/C20H25N3O3S/c24-20-12-26-18-7-2-1-5-15(18)6-3-4-8-25-19-11-23(10-17(19)22-20)9-16-13-27-14-21-16/h1-2,5,7,13-14,17,19H,3-4,6,8-12H2,(H,22,24)/t17-,19+/m0/s1. The number of ether oxygens (including phenoxy) is 2. The lowest BCUT2D eigenvalue weighted by Gasteiger charge is -2.20. The molecule has 1 N–H and O–H groups in total. The van der Waals surface area contributed by atoms with Crippen molar-refractivity contribution in [1.82, 2.24) is 15.2 Å². The average molecular weight is 388 g/mol. The summed E-state index contributed by atoms with van der Waals surface area (Å²) < 4.78 is 11.9. The summed E-state index contributed by atoms with van der Waals surface area (Å²) in [5.74, 6) is 0.708. The van der Waals surface area contributed by atoms with E-state index in [-0.39, 0.29) is 24.7 Å². The quantitative estimate of drug-likeness (QED) is 0.856. The molecule has 0 spiro atoms. The lowest BCUT2D eigenvalue weighted by Crippen LogP contribution is -2.45. The smallest absolute Gasteiger partial charge is 0.258 e. The number of carbonyl (C=O) groups excluding carboxylic acids is 1. The van der Waals surface area contributed by atoms with Crippen LogP contribution in [0.25, 0.3) is 0 Å². The Kier molecular flexibility index (Phi) is 6.01. The van der Waals surface area contributed by atoms with Crippen molar-refractivity contribution in [2.75, 3.05) is 26.3 Å². The maximum atomic E-state index is 12.4. The Bertz CT molecular complexity index is 753. The largest absolute Gasteiger partial charge is 0.483 e. The van der Waals surface area contributed by atoms with Crippen LogP contribution in [0.3, 0.4) is 0 Å². The third kappa shape index (κ3) is 4.86. The number of nitrogens with zero attached hydrogens (tertiary/aromatic N) is 2. The van der Waals surface area contributed by atoms with Gasteiger partial charge >= 0.3 is 0 Å². The van der Waals surface area contributed by atoms with Gasteiger partial charge in [-0.3, -0.25) is 9.69 Å². The van der Waals surface area contributed by atoms with Crippen molar-refractivity contribution in [3.05, 3.63) is 46.4 Å². The number of benzene rings is 1. The van der Waals surface area contributed by atoms with E-state index in [9.17, 15) is 4.79 Å². The van der Waals surface area contributed by atoms with E-state index in [4.69, 9.17) is 9.47 Å². The fraction of sp³-hybridized carbons (Fsp3) is 0.500. The number of nitrogens with one attached hydrogen (secondary N) is 1. The van der Waals surface area contributed by atoms with Gasteiger partial charge in [0.2, 0.25) is 0 Å². The first-order valence-electron chi connectivity index (χ1n) is 9.49. The number of fused-ring (bicyclic) bond motifs is 2. The third-order valence-electron chi connectivity index (χ3n) is 5.06. The average Bonchev–Trinajstić information content (AvgIpc) is 3.30. The van der Waals surface area contributed by atoms with E-state index in [1.54, 1.807) is 11.3 Å². The zero-order valence-corrected chi connectivity index (χ0v) is 16.1. The Morgan fingerprint density at radius 2 is 2.19 bits per heavy atom. The zero-order chi connectivity index (χ0) is 18.5. The summed E-state index contributed by atoms with van der Waals surface area (Å²) >= 11 is 1.61. The SMILES string of the molecule is O=C1COc2ccccc2CCCCO[C@@H]2CN(Cc3cscn3)C[C@@H]2N1. The lowest BCUT2D eigenvalue weighted by atomic mass is 10.1. The first-order valence-corrected chi connectivity index (χ1v) is 10.4. The fourth-order valence-corrected chi connectivity index (χ4v) is 4.28. The van der Waals surface area contributed by atoms with Crippen LogP contribution in [0.5, 0.6) is 5.75 Å². The number of aryl methyl sites for hydroxylation is 1. The van der Waals surface area contributed by atoms with Crippen LogP contribution in [-0.4, -0.2) is 54.2 Å². The van der Waals surface area contributed by atoms with Gasteiger partial charge in [0.25, 0.3) is 5.91 Å². The molecule has 4 rings (SSSR count). The van der Waals surface area contributed by atoms with Gasteiger partial charge in [0.15, 0.2) is 6.61 Å². The van der Waals surface area contributed by atoms with E-state index in [1.165, 1.54) is 0 Å². The molecule has 0 unspecified atom stereocenters. The molecule has 2 aliphatic heterocycles. The summed E-state index contributed by atoms with van der Waals surface area (Å²) in [6, 6.07) is 7.95. The van der Waals surface area contributed by atoms with Crippen LogP contribution in [0.4, 0.5) is 0 Å².